The average Bonchev–Trinajstić information content (AvgIpc) is 2.56. The summed E-state index contributed by atoms with van der Waals surface area (Å²) in [4.78, 5) is 0. The van der Waals surface area contributed by atoms with Crippen molar-refractivity contribution < 1.29 is 14.6 Å². The first-order valence-electron chi connectivity index (χ1n) is 4.81. The highest BCUT2D eigenvalue weighted by atomic mass is 16.7. The molecule has 0 bridgehead atoms. The van der Waals surface area contributed by atoms with E-state index in [-0.39, 0.29) is 19.0 Å². The second-order valence-corrected chi connectivity index (χ2v) is 3.73. The molecule has 0 aromatic rings. The molecule has 0 saturated carbocycles. The zero-order valence-corrected chi connectivity index (χ0v) is 7.85. The van der Waals surface area contributed by atoms with E-state index in [1.54, 1.807) is 7.11 Å². The molecule has 0 spiro atoms. The van der Waals surface area contributed by atoms with E-state index in [0.717, 1.165) is 12.8 Å². The summed E-state index contributed by atoms with van der Waals surface area (Å²) in [6.07, 6.45) is 6.23. The summed E-state index contributed by atoms with van der Waals surface area (Å²) >= 11 is 0. The number of aliphatic hydroxyl groups excluding tert-OH is 1. The normalized spacial score (nSPS) is 43.5. The number of methoxy groups -OCH3 is 1. The standard InChI is InChI=1S/C10H16O3/c1-12-10-8-5-3-2-4-7(8)9(6-11)13-10/h2-3,7-11H,4-6H2,1H3/t7-,8+,9?,10?/m0/s1. The third-order valence-electron chi connectivity index (χ3n) is 3.08. The molecule has 1 fully saturated rings. The van der Waals surface area contributed by atoms with Gasteiger partial charge in [0.2, 0.25) is 0 Å². The molecular weight excluding hydrogens is 168 g/mol. The van der Waals surface area contributed by atoms with Crippen LogP contribution in [0.2, 0.25) is 0 Å². The Morgan fingerprint density at radius 3 is 2.69 bits per heavy atom. The van der Waals surface area contributed by atoms with Gasteiger partial charge in [0.15, 0.2) is 6.29 Å². The lowest BCUT2D eigenvalue weighted by molar-refractivity contribution is -0.137. The van der Waals surface area contributed by atoms with E-state index < -0.39 is 0 Å². The SMILES string of the molecule is COC1OC(CO)[C@H]2CC=CC[C@@H]12. The van der Waals surface area contributed by atoms with Crippen molar-refractivity contribution in [2.45, 2.75) is 25.2 Å². The smallest absolute Gasteiger partial charge is 0.161 e. The molecule has 1 saturated heterocycles. The van der Waals surface area contributed by atoms with Gasteiger partial charge in [0.25, 0.3) is 0 Å². The summed E-state index contributed by atoms with van der Waals surface area (Å²) in [6, 6.07) is 0. The Labute approximate surface area is 78.3 Å². The zero-order valence-electron chi connectivity index (χ0n) is 7.85. The van der Waals surface area contributed by atoms with Crippen molar-refractivity contribution in [1.29, 1.82) is 0 Å². The fraction of sp³-hybridized carbons (Fsp3) is 0.800. The maximum atomic E-state index is 9.11. The van der Waals surface area contributed by atoms with Crippen molar-refractivity contribution in [1.82, 2.24) is 0 Å². The predicted octanol–water partition coefficient (Wildman–Crippen LogP) is 0.932. The summed E-state index contributed by atoms with van der Waals surface area (Å²) in [7, 11) is 1.67. The van der Waals surface area contributed by atoms with Gasteiger partial charge in [0, 0.05) is 13.0 Å². The van der Waals surface area contributed by atoms with E-state index in [4.69, 9.17) is 14.6 Å². The third kappa shape index (κ3) is 1.52. The van der Waals surface area contributed by atoms with Crippen molar-refractivity contribution in [2.24, 2.45) is 11.8 Å². The molecule has 1 aliphatic heterocycles. The van der Waals surface area contributed by atoms with Crippen LogP contribution in [-0.2, 0) is 9.47 Å². The molecule has 2 unspecified atom stereocenters. The molecule has 0 amide bonds. The average molecular weight is 184 g/mol. The zero-order chi connectivity index (χ0) is 9.26. The lowest BCUT2D eigenvalue weighted by Crippen LogP contribution is -2.25. The van der Waals surface area contributed by atoms with Crippen LogP contribution < -0.4 is 0 Å². The van der Waals surface area contributed by atoms with Crippen LogP contribution in [0.5, 0.6) is 0 Å². The maximum absolute atomic E-state index is 9.11. The van der Waals surface area contributed by atoms with E-state index in [0.29, 0.717) is 11.8 Å². The van der Waals surface area contributed by atoms with Gasteiger partial charge in [-0.2, -0.15) is 0 Å². The van der Waals surface area contributed by atoms with E-state index in [1.807, 2.05) is 0 Å². The Morgan fingerprint density at radius 2 is 2.08 bits per heavy atom. The minimum Gasteiger partial charge on any atom is -0.394 e. The molecule has 0 aromatic carbocycles. The van der Waals surface area contributed by atoms with Gasteiger partial charge in [-0.3, -0.25) is 0 Å². The van der Waals surface area contributed by atoms with Crippen molar-refractivity contribution in [3.8, 4) is 0 Å². The van der Waals surface area contributed by atoms with Crippen LogP contribution in [0, 0.1) is 11.8 Å². The van der Waals surface area contributed by atoms with Crippen LogP contribution in [0.3, 0.4) is 0 Å². The molecular formula is C10H16O3. The number of aliphatic hydroxyl groups is 1. The highest BCUT2D eigenvalue weighted by molar-refractivity contribution is 5.00. The van der Waals surface area contributed by atoms with E-state index in [9.17, 15) is 0 Å². The van der Waals surface area contributed by atoms with Crippen molar-refractivity contribution in [2.75, 3.05) is 13.7 Å². The van der Waals surface area contributed by atoms with Gasteiger partial charge in [0.05, 0.1) is 12.7 Å². The van der Waals surface area contributed by atoms with Gasteiger partial charge in [-0.1, -0.05) is 12.2 Å². The fourth-order valence-corrected chi connectivity index (χ4v) is 2.38. The van der Waals surface area contributed by atoms with Crippen molar-refractivity contribution >= 4 is 0 Å². The summed E-state index contributed by atoms with van der Waals surface area (Å²) in [5.41, 5.74) is 0. The molecule has 4 atom stereocenters. The quantitative estimate of drug-likeness (QED) is 0.649. The maximum Gasteiger partial charge on any atom is 0.161 e. The Hall–Kier alpha value is -0.380. The van der Waals surface area contributed by atoms with Crippen LogP contribution in [0.4, 0.5) is 0 Å². The molecule has 13 heavy (non-hydrogen) atoms. The summed E-state index contributed by atoms with van der Waals surface area (Å²) in [5.74, 6) is 0.882. The van der Waals surface area contributed by atoms with E-state index in [1.165, 1.54) is 0 Å². The Bertz CT molecular complexity index is 182. The number of fused-ring (bicyclic) bond motifs is 1. The van der Waals surface area contributed by atoms with Gasteiger partial charge in [-0.05, 0) is 18.8 Å². The Morgan fingerprint density at radius 1 is 1.38 bits per heavy atom. The molecule has 3 nitrogen and oxygen atoms in total. The van der Waals surface area contributed by atoms with E-state index in [2.05, 4.69) is 12.2 Å². The number of ether oxygens (including phenoxy) is 2. The highest BCUT2D eigenvalue weighted by Crippen LogP contribution is 2.40. The molecule has 74 valence electrons. The summed E-state index contributed by atoms with van der Waals surface area (Å²) in [5, 5.41) is 9.11. The van der Waals surface area contributed by atoms with E-state index >= 15 is 0 Å². The first-order valence-corrected chi connectivity index (χ1v) is 4.81. The van der Waals surface area contributed by atoms with Crippen LogP contribution in [0.25, 0.3) is 0 Å². The molecule has 2 aliphatic rings. The van der Waals surface area contributed by atoms with Crippen molar-refractivity contribution in [3.63, 3.8) is 0 Å². The fourth-order valence-electron chi connectivity index (χ4n) is 2.38. The largest absolute Gasteiger partial charge is 0.394 e. The molecule has 0 aromatic heterocycles. The number of hydrogen-bond acceptors (Lipinski definition) is 3. The van der Waals surface area contributed by atoms with Crippen LogP contribution in [0.1, 0.15) is 12.8 Å². The minimum absolute atomic E-state index is 0.0279. The lowest BCUT2D eigenvalue weighted by Gasteiger charge is -2.23. The lowest BCUT2D eigenvalue weighted by atomic mass is 9.81. The van der Waals surface area contributed by atoms with Gasteiger partial charge in [0.1, 0.15) is 0 Å². The van der Waals surface area contributed by atoms with Gasteiger partial charge in [-0.15, -0.1) is 0 Å². The molecule has 1 aliphatic carbocycles. The van der Waals surface area contributed by atoms with Crippen LogP contribution in [-0.4, -0.2) is 31.2 Å². The molecule has 2 rings (SSSR count). The molecule has 0 radical (unpaired) electrons. The first-order chi connectivity index (χ1) is 6.36. The predicted molar refractivity (Wildman–Crippen MR) is 48.1 cm³/mol. The summed E-state index contributed by atoms with van der Waals surface area (Å²) in [6.45, 7) is 0.106. The monoisotopic (exact) mass is 184 g/mol. The molecule has 1 heterocycles. The number of rotatable bonds is 2. The number of allylic oxidation sites excluding steroid dienone is 2. The molecule has 1 N–H and O–H groups in total. The summed E-state index contributed by atoms with van der Waals surface area (Å²) < 4.78 is 10.8. The Kier molecular flexibility index (Phi) is 2.67. The van der Waals surface area contributed by atoms with Gasteiger partial charge < -0.3 is 14.6 Å². The van der Waals surface area contributed by atoms with Gasteiger partial charge in [-0.25, -0.2) is 0 Å². The number of hydrogen-bond donors (Lipinski definition) is 1. The first kappa shape index (κ1) is 9.19. The highest BCUT2D eigenvalue weighted by Gasteiger charge is 2.43. The van der Waals surface area contributed by atoms with Crippen LogP contribution in [0.15, 0.2) is 12.2 Å². The second-order valence-electron chi connectivity index (χ2n) is 3.73. The Balaban J connectivity index is 2.10. The second kappa shape index (κ2) is 3.78. The topological polar surface area (TPSA) is 38.7 Å². The molecule has 3 heteroatoms. The minimum atomic E-state index is -0.118. The van der Waals surface area contributed by atoms with Crippen LogP contribution >= 0.6 is 0 Å². The third-order valence-corrected chi connectivity index (χ3v) is 3.08. The van der Waals surface area contributed by atoms with Gasteiger partial charge >= 0.3 is 0 Å². The van der Waals surface area contributed by atoms with Crippen molar-refractivity contribution in [3.05, 3.63) is 12.2 Å².